The molecule has 0 aromatic rings. The molecule has 3 atom stereocenters. The molecule has 0 bridgehead atoms. The first-order valence-corrected chi connectivity index (χ1v) is 8.92. The largest absolute Gasteiger partial charge is 0.316 e. The maximum atomic E-state index is 12.7. The van der Waals surface area contributed by atoms with Crippen LogP contribution in [0.3, 0.4) is 0 Å². The van der Waals surface area contributed by atoms with Gasteiger partial charge in [0, 0.05) is 31.7 Å². The van der Waals surface area contributed by atoms with Crippen LogP contribution in [0.2, 0.25) is 0 Å². The fourth-order valence-electron chi connectivity index (χ4n) is 3.20. The monoisotopic (exact) mass is 289 g/mol. The van der Waals surface area contributed by atoms with Crippen LogP contribution in [0.5, 0.6) is 0 Å². The number of nitrogens with one attached hydrogen (secondary N) is 1. The van der Waals surface area contributed by atoms with Gasteiger partial charge in [0.1, 0.15) is 0 Å². The fraction of sp³-hybridized carbons (Fsp3) is 1.00. The minimum atomic E-state index is -3.18. The second kappa shape index (κ2) is 6.08. The molecule has 0 spiro atoms. The van der Waals surface area contributed by atoms with Crippen molar-refractivity contribution < 1.29 is 8.42 Å². The van der Waals surface area contributed by atoms with E-state index in [0.717, 1.165) is 26.1 Å². The van der Waals surface area contributed by atoms with Gasteiger partial charge in [-0.2, -0.15) is 4.31 Å². The minimum absolute atomic E-state index is 0.100. The molecule has 0 radical (unpaired) electrons. The first kappa shape index (κ1) is 15.2. The lowest BCUT2D eigenvalue weighted by molar-refractivity contribution is 0.116. The molecule has 2 heterocycles. The predicted molar refractivity (Wildman–Crippen MR) is 77.7 cm³/mol. The van der Waals surface area contributed by atoms with E-state index in [2.05, 4.69) is 10.2 Å². The average Bonchev–Trinajstić information content (AvgIpc) is 2.81. The van der Waals surface area contributed by atoms with E-state index in [1.165, 1.54) is 6.42 Å². The first-order valence-electron chi connectivity index (χ1n) is 7.42. The van der Waals surface area contributed by atoms with Crippen LogP contribution in [0.25, 0.3) is 0 Å². The number of nitrogens with zero attached hydrogens (tertiary/aromatic N) is 2. The normalized spacial score (nSPS) is 31.3. The molecular weight excluding hydrogens is 262 g/mol. The van der Waals surface area contributed by atoms with E-state index in [1.54, 1.807) is 4.31 Å². The summed E-state index contributed by atoms with van der Waals surface area (Å²) in [5, 5.41) is 2.79. The Labute approximate surface area is 117 Å². The zero-order chi connectivity index (χ0) is 14.0. The van der Waals surface area contributed by atoms with Crippen LogP contribution in [0.15, 0.2) is 0 Å². The van der Waals surface area contributed by atoms with Gasteiger partial charge in [-0.15, -0.1) is 0 Å². The van der Waals surface area contributed by atoms with Crippen LogP contribution < -0.4 is 5.32 Å². The smallest absolute Gasteiger partial charge is 0.218 e. The highest BCUT2D eigenvalue weighted by Crippen LogP contribution is 2.27. The van der Waals surface area contributed by atoms with Crippen molar-refractivity contribution in [1.29, 1.82) is 0 Å². The van der Waals surface area contributed by atoms with Gasteiger partial charge in [0.05, 0.1) is 5.25 Å². The number of hydrogen-bond donors (Lipinski definition) is 1. The molecule has 0 aromatic carbocycles. The number of rotatable bonds is 5. The van der Waals surface area contributed by atoms with Crippen LogP contribution in [0.4, 0.5) is 0 Å². The number of piperazine rings is 1. The van der Waals surface area contributed by atoms with Gasteiger partial charge in [0.15, 0.2) is 0 Å². The van der Waals surface area contributed by atoms with Crippen LogP contribution >= 0.6 is 0 Å². The molecule has 2 fully saturated rings. The molecule has 2 rings (SSSR count). The lowest BCUT2D eigenvalue weighted by Gasteiger charge is -2.42. The second-order valence-corrected chi connectivity index (χ2v) is 8.18. The Morgan fingerprint density at radius 1 is 1.37 bits per heavy atom. The summed E-state index contributed by atoms with van der Waals surface area (Å²) in [6.45, 7) is 9.90. The van der Waals surface area contributed by atoms with Gasteiger partial charge in [-0.1, -0.05) is 6.92 Å². The lowest BCUT2D eigenvalue weighted by atomic mass is 10.1. The molecule has 0 amide bonds. The maximum absolute atomic E-state index is 12.7. The van der Waals surface area contributed by atoms with Crippen LogP contribution in [-0.2, 0) is 10.0 Å². The van der Waals surface area contributed by atoms with Gasteiger partial charge in [-0.05, 0) is 39.8 Å². The average molecular weight is 289 g/mol. The SMILES string of the molecule is CCNCC(C)S(=O)(=O)N1CC2CCCN2CC1C. The summed E-state index contributed by atoms with van der Waals surface area (Å²) in [4.78, 5) is 2.45. The predicted octanol–water partition coefficient (Wildman–Crippen LogP) is 0.483. The molecule has 0 aliphatic carbocycles. The van der Waals surface area contributed by atoms with Crippen LogP contribution in [0, 0.1) is 0 Å². The highest BCUT2D eigenvalue weighted by Gasteiger charge is 2.41. The van der Waals surface area contributed by atoms with E-state index < -0.39 is 10.0 Å². The minimum Gasteiger partial charge on any atom is -0.316 e. The fourth-order valence-corrected chi connectivity index (χ4v) is 4.94. The molecule has 1 N–H and O–H groups in total. The van der Waals surface area contributed by atoms with Gasteiger partial charge in [0.25, 0.3) is 0 Å². The van der Waals surface area contributed by atoms with Crippen molar-refractivity contribution in [2.75, 3.05) is 32.7 Å². The molecule has 2 aliphatic rings. The molecule has 112 valence electrons. The highest BCUT2D eigenvalue weighted by molar-refractivity contribution is 7.89. The Kier molecular flexibility index (Phi) is 4.87. The van der Waals surface area contributed by atoms with Crippen molar-refractivity contribution in [2.24, 2.45) is 0 Å². The van der Waals surface area contributed by atoms with Crippen molar-refractivity contribution in [3.8, 4) is 0 Å². The molecule has 19 heavy (non-hydrogen) atoms. The molecular formula is C13H27N3O2S. The molecule has 5 nitrogen and oxygen atoms in total. The van der Waals surface area contributed by atoms with Crippen LogP contribution in [-0.4, -0.2) is 67.7 Å². The van der Waals surface area contributed by atoms with E-state index in [0.29, 0.717) is 19.1 Å². The quantitative estimate of drug-likeness (QED) is 0.800. The van der Waals surface area contributed by atoms with E-state index in [-0.39, 0.29) is 11.3 Å². The number of hydrogen-bond acceptors (Lipinski definition) is 4. The highest BCUT2D eigenvalue weighted by atomic mass is 32.2. The van der Waals surface area contributed by atoms with Crippen molar-refractivity contribution >= 4 is 10.0 Å². The third kappa shape index (κ3) is 3.12. The van der Waals surface area contributed by atoms with Gasteiger partial charge < -0.3 is 5.32 Å². The zero-order valence-corrected chi connectivity index (χ0v) is 13.1. The molecule has 0 aromatic heterocycles. The Balaban J connectivity index is 2.06. The van der Waals surface area contributed by atoms with E-state index in [9.17, 15) is 8.42 Å². The van der Waals surface area contributed by atoms with Gasteiger partial charge in [0.2, 0.25) is 10.0 Å². The van der Waals surface area contributed by atoms with Crippen LogP contribution in [0.1, 0.15) is 33.6 Å². The summed E-state index contributed by atoms with van der Waals surface area (Å²) in [5.41, 5.74) is 0. The number of fused-ring (bicyclic) bond motifs is 1. The number of sulfonamides is 1. The van der Waals surface area contributed by atoms with Crippen molar-refractivity contribution in [3.63, 3.8) is 0 Å². The maximum Gasteiger partial charge on any atom is 0.218 e. The Morgan fingerprint density at radius 2 is 2.11 bits per heavy atom. The van der Waals surface area contributed by atoms with Gasteiger partial charge in [-0.25, -0.2) is 8.42 Å². The first-order chi connectivity index (χ1) is 8.96. The van der Waals surface area contributed by atoms with E-state index in [4.69, 9.17) is 0 Å². The van der Waals surface area contributed by atoms with Gasteiger partial charge >= 0.3 is 0 Å². The molecule has 3 unspecified atom stereocenters. The van der Waals surface area contributed by atoms with Crippen molar-refractivity contribution in [2.45, 2.75) is 50.9 Å². The van der Waals surface area contributed by atoms with E-state index in [1.807, 2.05) is 20.8 Å². The Hall–Kier alpha value is -0.170. The zero-order valence-electron chi connectivity index (χ0n) is 12.3. The molecule has 0 saturated carbocycles. The molecule has 2 saturated heterocycles. The lowest BCUT2D eigenvalue weighted by Crippen LogP contribution is -2.58. The standard InChI is InChI=1S/C13H27N3O2S/c1-4-14-8-12(3)19(17,18)16-10-13-6-5-7-15(13)9-11(16)2/h11-14H,4-10H2,1-3H3. The Morgan fingerprint density at radius 3 is 2.79 bits per heavy atom. The third-order valence-corrected chi connectivity index (χ3v) is 6.74. The van der Waals surface area contributed by atoms with Crippen molar-refractivity contribution in [1.82, 2.24) is 14.5 Å². The van der Waals surface area contributed by atoms with Gasteiger partial charge in [-0.3, -0.25) is 4.90 Å². The molecule has 2 aliphatic heterocycles. The summed E-state index contributed by atoms with van der Waals surface area (Å²) >= 11 is 0. The summed E-state index contributed by atoms with van der Waals surface area (Å²) in [5.74, 6) is 0. The van der Waals surface area contributed by atoms with E-state index >= 15 is 0 Å². The third-order valence-electron chi connectivity index (χ3n) is 4.40. The summed E-state index contributed by atoms with van der Waals surface area (Å²) in [6, 6.07) is 0.542. The molecule has 6 heteroatoms. The second-order valence-electron chi connectivity index (χ2n) is 5.87. The Bertz CT molecular complexity index is 399. The van der Waals surface area contributed by atoms with Crippen molar-refractivity contribution in [3.05, 3.63) is 0 Å². The summed E-state index contributed by atoms with van der Waals surface area (Å²) in [7, 11) is -3.18. The summed E-state index contributed by atoms with van der Waals surface area (Å²) in [6.07, 6.45) is 2.35. The summed E-state index contributed by atoms with van der Waals surface area (Å²) < 4.78 is 27.1. The topological polar surface area (TPSA) is 52.7 Å².